The number of rotatable bonds is 4. The standard InChI is InChI=1S/C16H15BrN2O4/c1-10-3-5-12(23-10)6-8-15(20)18-19-16(21)11-4-7-14(22-2)13(17)9-11/h3-9H,1-2H3,(H,18,20)(H,19,21). The summed E-state index contributed by atoms with van der Waals surface area (Å²) in [6.45, 7) is 1.81. The molecule has 1 heterocycles. The van der Waals surface area contributed by atoms with Crippen molar-refractivity contribution in [3.05, 3.63) is 58.0 Å². The highest BCUT2D eigenvalue weighted by Gasteiger charge is 2.09. The summed E-state index contributed by atoms with van der Waals surface area (Å²) in [5, 5.41) is 0. The molecule has 6 nitrogen and oxygen atoms in total. The summed E-state index contributed by atoms with van der Waals surface area (Å²) in [6, 6.07) is 8.38. The van der Waals surface area contributed by atoms with E-state index in [0.29, 0.717) is 21.5 Å². The number of ether oxygens (including phenoxy) is 1. The molecule has 0 saturated carbocycles. The molecule has 0 bridgehead atoms. The topological polar surface area (TPSA) is 80.6 Å². The molecule has 0 aliphatic carbocycles. The minimum absolute atomic E-state index is 0.378. The average molecular weight is 379 g/mol. The molecule has 0 aliphatic rings. The summed E-state index contributed by atoms with van der Waals surface area (Å²) >= 11 is 3.29. The Labute approximate surface area is 141 Å². The number of carbonyl (C=O) groups excluding carboxylic acids is 2. The highest BCUT2D eigenvalue weighted by atomic mass is 79.9. The van der Waals surface area contributed by atoms with Crippen molar-refractivity contribution in [2.24, 2.45) is 0 Å². The van der Waals surface area contributed by atoms with Crippen LogP contribution in [0.15, 0.2) is 45.3 Å². The Hall–Kier alpha value is -2.54. The van der Waals surface area contributed by atoms with Crippen LogP contribution in [-0.2, 0) is 4.79 Å². The number of amides is 2. The van der Waals surface area contributed by atoms with Crippen molar-refractivity contribution in [2.45, 2.75) is 6.92 Å². The van der Waals surface area contributed by atoms with Gasteiger partial charge >= 0.3 is 0 Å². The van der Waals surface area contributed by atoms with Crippen LogP contribution in [0.3, 0.4) is 0 Å². The first kappa shape index (κ1) is 16.8. The quantitative estimate of drug-likeness (QED) is 0.633. The van der Waals surface area contributed by atoms with Gasteiger partial charge in [0.1, 0.15) is 17.3 Å². The SMILES string of the molecule is COc1ccc(C(=O)NNC(=O)C=Cc2ccc(C)o2)cc1Br. The summed E-state index contributed by atoms with van der Waals surface area (Å²) in [5.41, 5.74) is 4.99. The van der Waals surface area contributed by atoms with Crippen LogP contribution in [0.2, 0.25) is 0 Å². The van der Waals surface area contributed by atoms with Gasteiger partial charge < -0.3 is 9.15 Å². The van der Waals surface area contributed by atoms with Gasteiger partial charge in [0.05, 0.1) is 11.6 Å². The van der Waals surface area contributed by atoms with E-state index in [1.165, 1.54) is 19.3 Å². The molecule has 0 aliphatic heterocycles. The zero-order valence-corrected chi connectivity index (χ0v) is 14.1. The Morgan fingerprint density at radius 1 is 1.22 bits per heavy atom. The van der Waals surface area contributed by atoms with Crippen LogP contribution in [0.25, 0.3) is 6.08 Å². The third kappa shape index (κ3) is 4.72. The Morgan fingerprint density at radius 3 is 2.61 bits per heavy atom. The lowest BCUT2D eigenvalue weighted by Gasteiger charge is -2.07. The molecule has 2 N–H and O–H groups in total. The number of benzene rings is 1. The van der Waals surface area contributed by atoms with Crippen LogP contribution >= 0.6 is 15.9 Å². The first-order chi connectivity index (χ1) is 11.0. The van der Waals surface area contributed by atoms with Gasteiger partial charge in [0.2, 0.25) is 0 Å². The van der Waals surface area contributed by atoms with Crippen molar-refractivity contribution in [3.63, 3.8) is 0 Å². The Balaban J connectivity index is 1.89. The molecular formula is C16H15BrN2O4. The van der Waals surface area contributed by atoms with Crippen LogP contribution in [0, 0.1) is 6.92 Å². The monoisotopic (exact) mass is 378 g/mol. The molecule has 2 rings (SSSR count). The van der Waals surface area contributed by atoms with Crippen molar-refractivity contribution >= 4 is 33.8 Å². The lowest BCUT2D eigenvalue weighted by Crippen LogP contribution is -2.40. The maximum Gasteiger partial charge on any atom is 0.269 e. The second kappa shape index (κ2) is 7.64. The Bertz CT molecular complexity index is 752. The molecule has 0 unspecified atom stereocenters. The van der Waals surface area contributed by atoms with Crippen molar-refractivity contribution < 1.29 is 18.7 Å². The second-order valence-electron chi connectivity index (χ2n) is 4.57. The maximum absolute atomic E-state index is 11.9. The van der Waals surface area contributed by atoms with E-state index in [4.69, 9.17) is 9.15 Å². The van der Waals surface area contributed by atoms with E-state index in [0.717, 1.165) is 5.76 Å². The number of hydrazine groups is 1. The molecule has 1 aromatic heterocycles. The van der Waals surface area contributed by atoms with Gasteiger partial charge in [-0.3, -0.25) is 20.4 Å². The van der Waals surface area contributed by atoms with Crippen LogP contribution in [-0.4, -0.2) is 18.9 Å². The summed E-state index contributed by atoms with van der Waals surface area (Å²) < 4.78 is 11.0. The van der Waals surface area contributed by atoms with E-state index in [1.807, 2.05) is 6.92 Å². The average Bonchev–Trinajstić information content (AvgIpc) is 2.96. The molecule has 0 atom stereocenters. The molecule has 0 fully saturated rings. The molecule has 2 amide bonds. The molecule has 0 spiro atoms. The van der Waals surface area contributed by atoms with Crippen LogP contribution < -0.4 is 15.6 Å². The Morgan fingerprint density at radius 2 is 2.00 bits per heavy atom. The van der Waals surface area contributed by atoms with Gasteiger partial charge in [-0.2, -0.15) is 0 Å². The molecular weight excluding hydrogens is 364 g/mol. The number of nitrogens with one attached hydrogen (secondary N) is 2. The molecule has 2 aromatic rings. The van der Waals surface area contributed by atoms with Gasteiger partial charge in [0.25, 0.3) is 11.8 Å². The fourth-order valence-electron chi connectivity index (χ4n) is 1.74. The van der Waals surface area contributed by atoms with Crippen molar-refractivity contribution in [1.29, 1.82) is 0 Å². The summed E-state index contributed by atoms with van der Waals surface area (Å²) in [6.07, 6.45) is 2.78. The summed E-state index contributed by atoms with van der Waals surface area (Å²) in [5.74, 6) is 1.01. The number of aryl methyl sites for hydroxylation is 1. The highest BCUT2D eigenvalue weighted by molar-refractivity contribution is 9.10. The summed E-state index contributed by atoms with van der Waals surface area (Å²) in [7, 11) is 1.53. The first-order valence-corrected chi connectivity index (χ1v) is 7.47. The maximum atomic E-state index is 11.9. The number of hydrogen-bond donors (Lipinski definition) is 2. The van der Waals surface area contributed by atoms with Gasteiger partial charge in [0.15, 0.2) is 0 Å². The summed E-state index contributed by atoms with van der Waals surface area (Å²) in [4.78, 5) is 23.6. The number of carbonyl (C=O) groups is 2. The lowest BCUT2D eigenvalue weighted by atomic mass is 10.2. The van der Waals surface area contributed by atoms with Gasteiger partial charge in [-0.15, -0.1) is 0 Å². The van der Waals surface area contributed by atoms with Gasteiger partial charge in [-0.25, -0.2) is 0 Å². The van der Waals surface area contributed by atoms with Gasteiger partial charge in [-0.1, -0.05) is 0 Å². The van der Waals surface area contributed by atoms with Crippen molar-refractivity contribution in [1.82, 2.24) is 10.9 Å². The number of furan rings is 1. The fraction of sp³-hybridized carbons (Fsp3) is 0.125. The minimum Gasteiger partial charge on any atom is -0.496 e. The van der Waals surface area contributed by atoms with Crippen LogP contribution in [0.4, 0.5) is 0 Å². The van der Waals surface area contributed by atoms with E-state index >= 15 is 0 Å². The lowest BCUT2D eigenvalue weighted by molar-refractivity contribution is -0.117. The second-order valence-corrected chi connectivity index (χ2v) is 5.43. The molecule has 120 valence electrons. The normalized spacial score (nSPS) is 10.6. The molecule has 23 heavy (non-hydrogen) atoms. The minimum atomic E-state index is -0.472. The Kier molecular flexibility index (Phi) is 5.59. The van der Waals surface area contributed by atoms with Crippen molar-refractivity contribution in [2.75, 3.05) is 7.11 Å². The molecule has 0 radical (unpaired) electrons. The zero-order chi connectivity index (χ0) is 16.8. The molecule has 1 aromatic carbocycles. The smallest absolute Gasteiger partial charge is 0.269 e. The fourth-order valence-corrected chi connectivity index (χ4v) is 2.28. The van der Waals surface area contributed by atoms with Gasteiger partial charge in [0, 0.05) is 11.6 Å². The van der Waals surface area contributed by atoms with E-state index < -0.39 is 11.8 Å². The van der Waals surface area contributed by atoms with E-state index in [-0.39, 0.29) is 0 Å². The number of hydrogen-bond acceptors (Lipinski definition) is 4. The number of methoxy groups -OCH3 is 1. The van der Waals surface area contributed by atoms with Crippen molar-refractivity contribution in [3.8, 4) is 5.75 Å². The van der Waals surface area contributed by atoms with E-state index in [9.17, 15) is 9.59 Å². The van der Waals surface area contributed by atoms with Crippen LogP contribution in [0.5, 0.6) is 5.75 Å². The molecule has 0 saturated heterocycles. The van der Waals surface area contributed by atoms with E-state index in [2.05, 4.69) is 26.8 Å². The van der Waals surface area contributed by atoms with Gasteiger partial charge in [-0.05, 0) is 59.3 Å². The van der Waals surface area contributed by atoms with Crippen LogP contribution in [0.1, 0.15) is 21.9 Å². The third-order valence-corrected chi connectivity index (χ3v) is 3.49. The molecule has 7 heteroatoms. The number of halogens is 1. The van der Waals surface area contributed by atoms with E-state index in [1.54, 1.807) is 30.3 Å². The first-order valence-electron chi connectivity index (χ1n) is 6.68. The zero-order valence-electron chi connectivity index (χ0n) is 12.6. The largest absolute Gasteiger partial charge is 0.496 e. The third-order valence-electron chi connectivity index (χ3n) is 2.87. The highest BCUT2D eigenvalue weighted by Crippen LogP contribution is 2.25. The predicted molar refractivity (Wildman–Crippen MR) is 88.8 cm³/mol. The predicted octanol–water partition coefficient (Wildman–Crippen LogP) is 2.83.